The summed E-state index contributed by atoms with van der Waals surface area (Å²) >= 11 is 0. The molecular weight excluding hydrogens is 256 g/mol. The first-order valence-corrected chi connectivity index (χ1v) is 5.23. The van der Waals surface area contributed by atoms with Crippen molar-refractivity contribution in [2.75, 3.05) is 11.1 Å². The maximum absolute atomic E-state index is 13.0. The molecule has 98 valence electrons. The van der Waals surface area contributed by atoms with Gasteiger partial charge in [-0.2, -0.15) is 0 Å². The standard InChI is InChI=1S/C12H9F2N3O2/c13-9-3-1-7(5-10(9)14)16-12-4-2-8(17(18)19)6-11(12)15/h1-6,16H,15H2. The summed E-state index contributed by atoms with van der Waals surface area (Å²) < 4.78 is 25.8. The van der Waals surface area contributed by atoms with Crippen molar-refractivity contribution < 1.29 is 13.7 Å². The minimum atomic E-state index is -0.995. The number of benzene rings is 2. The van der Waals surface area contributed by atoms with Crippen LogP contribution in [-0.2, 0) is 0 Å². The zero-order valence-corrected chi connectivity index (χ0v) is 9.56. The molecule has 0 heterocycles. The number of non-ortho nitro benzene ring substituents is 1. The van der Waals surface area contributed by atoms with E-state index in [0.29, 0.717) is 11.4 Å². The first-order chi connectivity index (χ1) is 8.97. The minimum absolute atomic E-state index is 0.138. The molecule has 0 aromatic heterocycles. The summed E-state index contributed by atoms with van der Waals surface area (Å²) in [4.78, 5) is 9.97. The van der Waals surface area contributed by atoms with Crippen LogP contribution in [0.5, 0.6) is 0 Å². The number of nitro groups is 1. The molecular formula is C12H9F2N3O2. The summed E-state index contributed by atoms with van der Waals surface area (Å²) in [6.45, 7) is 0. The van der Waals surface area contributed by atoms with E-state index in [0.717, 1.165) is 12.1 Å². The highest BCUT2D eigenvalue weighted by Gasteiger charge is 2.09. The summed E-state index contributed by atoms with van der Waals surface area (Å²) in [6.07, 6.45) is 0. The molecule has 2 aromatic carbocycles. The Kier molecular flexibility index (Phi) is 3.28. The number of nitro benzene ring substituents is 1. The third kappa shape index (κ3) is 2.76. The number of nitrogen functional groups attached to an aromatic ring is 1. The van der Waals surface area contributed by atoms with Gasteiger partial charge in [0.05, 0.1) is 16.3 Å². The van der Waals surface area contributed by atoms with Crippen molar-refractivity contribution >= 4 is 22.7 Å². The van der Waals surface area contributed by atoms with Gasteiger partial charge in [-0.05, 0) is 18.2 Å². The predicted octanol–water partition coefficient (Wildman–Crippen LogP) is 3.20. The van der Waals surface area contributed by atoms with Gasteiger partial charge in [-0.15, -0.1) is 0 Å². The van der Waals surface area contributed by atoms with Crippen LogP contribution in [0, 0.1) is 21.7 Å². The van der Waals surface area contributed by atoms with Crippen molar-refractivity contribution in [3.8, 4) is 0 Å². The second-order valence-electron chi connectivity index (χ2n) is 3.78. The molecule has 0 atom stereocenters. The lowest BCUT2D eigenvalue weighted by Gasteiger charge is -2.09. The van der Waals surface area contributed by atoms with E-state index in [2.05, 4.69) is 5.32 Å². The monoisotopic (exact) mass is 265 g/mol. The Morgan fingerprint density at radius 3 is 2.42 bits per heavy atom. The molecule has 0 saturated heterocycles. The van der Waals surface area contributed by atoms with Crippen molar-refractivity contribution in [2.24, 2.45) is 0 Å². The maximum Gasteiger partial charge on any atom is 0.271 e. The molecule has 0 saturated carbocycles. The van der Waals surface area contributed by atoms with E-state index in [1.54, 1.807) is 0 Å². The van der Waals surface area contributed by atoms with Crippen molar-refractivity contribution in [2.45, 2.75) is 0 Å². The van der Waals surface area contributed by atoms with Crippen molar-refractivity contribution in [1.82, 2.24) is 0 Å². The van der Waals surface area contributed by atoms with Crippen LogP contribution in [0.3, 0.4) is 0 Å². The van der Waals surface area contributed by atoms with Crippen LogP contribution in [0.15, 0.2) is 36.4 Å². The molecule has 0 unspecified atom stereocenters. The molecule has 0 aliphatic carbocycles. The van der Waals surface area contributed by atoms with Crippen molar-refractivity contribution in [3.05, 3.63) is 58.1 Å². The summed E-state index contributed by atoms with van der Waals surface area (Å²) in [5.74, 6) is -1.95. The number of rotatable bonds is 3. The Bertz CT molecular complexity index is 647. The summed E-state index contributed by atoms with van der Waals surface area (Å²) in [6, 6.07) is 7.12. The molecule has 0 aliphatic heterocycles. The van der Waals surface area contributed by atoms with Gasteiger partial charge in [-0.3, -0.25) is 10.1 Å². The number of nitrogens with zero attached hydrogens (tertiary/aromatic N) is 1. The van der Waals surface area contributed by atoms with Crippen LogP contribution in [0.25, 0.3) is 0 Å². The van der Waals surface area contributed by atoms with Gasteiger partial charge in [0.1, 0.15) is 0 Å². The fourth-order valence-electron chi connectivity index (χ4n) is 1.51. The van der Waals surface area contributed by atoms with Crippen LogP contribution < -0.4 is 11.1 Å². The Labute approximate surface area is 106 Å². The number of hydrogen-bond donors (Lipinski definition) is 2. The molecule has 0 spiro atoms. The first kappa shape index (κ1) is 12.7. The summed E-state index contributed by atoms with van der Waals surface area (Å²) in [7, 11) is 0. The van der Waals surface area contributed by atoms with Crippen LogP contribution in [0.2, 0.25) is 0 Å². The number of anilines is 3. The highest BCUT2D eigenvalue weighted by Crippen LogP contribution is 2.27. The zero-order valence-electron chi connectivity index (χ0n) is 9.56. The molecule has 0 bridgehead atoms. The van der Waals surface area contributed by atoms with Crippen LogP contribution in [0.1, 0.15) is 0 Å². The number of hydrogen-bond acceptors (Lipinski definition) is 4. The molecule has 0 aliphatic rings. The van der Waals surface area contributed by atoms with E-state index < -0.39 is 16.6 Å². The van der Waals surface area contributed by atoms with E-state index in [9.17, 15) is 18.9 Å². The SMILES string of the molecule is Nc1cc([N+](=O)[O-])ccc1Nc1ccc(F)c(F)c1. The Hall–Kier alpha value is -2.70. The highest BCUT2D eigenvalue weighted by molar-refractivity contribution is 5.74. The summed E-state index contributed by atoms with van der Waals surface area (Å²) in [5, 5.41) is 13.3. The Balaban J connectivity index is 2.28. The lowest BCUT2D eigenvalue weighted by molar-refractivity contribution is -0.384. The first-order valence-electron chi connectivity index (χ1n) is 5.23. The van der Waals surface area contributed by atoms with Gasteiger partial charge in [0.2, 0.25) is 0 Å². The topological polar surface area (TPSA) is 81.2 Å². The normalized spacial score (nSPS) is 10.2. The van der Waals surface area contributed by atoms with Crippen molar-refractivity contribution in [1.29, 1.82) is 0 Å². The van der Waals surface area contributed by atoms with Gasteiger partial charge in [0, 0.05) is 23.9 Å². The Morgan fingerprint density at radius 2 is 1.84 bits per heavy atom. The largest absolute Gasteiger partial charge is 0.397 e. The van der Waals surface area contributed by atoms with Gasteiger partial charge in [0.15, 0.2) is 11.6 Å². The molecule has 0 amide bonds. The van der Waals surface area contributed by atoms with Crippen LogP contribution in [0.4, 0.5) is 31.5 Å². The van der Waals surface area contributed by atoms with Crippen LogP contribution >= 0.6 is 0 Å². The fraction of sp³-hybridized carbons (Fsp3) is 0. The molecule has 7 heteroatoms. The molecule has 0 radical (unpaired) electrons. The molecule has 3 N–H and O–H groups in total. The van der Waals surface area contributed by atoms with E-state index in [4.69, 9.17) is 5.73 Å². The highest BCUT2D eigenvalue weighted by atomic mass is 19.2. The molecule has 5 nitrogen and oxygen atoms in total. The average molecular weight is 265 g/mol. The second kappa shape index (κ2) is 4.89. The summed E-state index contributed by atoms with van der Waals surface area (Å²) in [5.41, 5.74) is 6.30. The third-order valence-electron chi connectivity index (χ3n) is 2.44. The minimum Gasteiger partial charge on any atom is -0.397 e. The molecule has 19 heavy (non-hydrogen) atoms. The smallest absolute Gasteiger partial charge is 0.271 e. The van der Waals surface area contributed by atoms with Crippen molar-refractivity contribution in [3.63, 3.8) is 0 Å². The van der Waals surface area contributed by atoms with Gasteiger partial charge in [-0.1, -0.05) is 0 Å². The third-order valence-corrected chi connectivity index (χ3v) is 2.44. The van der Waals surface area contributed by atoms with Gasteiger partial charge in [-0.25, -0.2) is 8.78 Å². The molecule has 0 fully saturated rings. The lowest BCUT2D eigenvalue weighted by Crippen LogP contribution is -1.98. The lowest BCUT2D eigenvalue weighted by atomic mass is 10.2. The van der Waals surface area contributed by atoms with Gasteiger partial charge < -0.3 is 11.1 Å². The Morgan fingerprint density at radius 1 is 1.11 bits per heavy atom. The fourth-order valence-corrected chi connectivity index (χ4v) is 1.51. The predicted molar refractivity (Wildman–Crippen MR) is 67.1 cm³/mol. The van der Waals surface area contributed by atoms with E-state index in [1.165, 1.54) is 24.3 Å². The van der Waals surface area contributed by atoms with E-state index >= 15 is 0 Å². The number of nitrogens with one attached hydrogen (secondary N) is 1. The molecule has 2 aromatic rings. The maximum atomic E-state index is 13.0. The quantitative estimate of drug-likeness (QED) is 0.507. The van der Waals surface area contributed by atoms with E-state index in [-0.39, 0.29) is 11.4 Å². The van der Waals surface area contributed by atoms with Gasteiger partial charge in [0.25, 0.3) is 5.69 Å². The van der Waals surface area contributed by atoms with Crippen LogP contribution in [-0.4, -0.2) is 4.92 Å². The number of halogens is 2. The molecule has 2 rings (SSSR count). The number of nitrogens with two attached hydrogens (primary N) is 1. The zero-order chi connectivity index (χ0) is 14.0. The van der Waals surface area contributed by atoms with E-state index in [1.807, 2.05) is 0 Å². The van der Waals surface area contributed by atoms with Gasteiger partial charge >= 0.3 is 0 Å². The second-order valence-corrected chi connectivity index (χ2v) is 3.78. The average Bonchev–Trinajstić information content (AvgIpc) is 2.36.